The van der Waals surface area contributed by atoms with Crippen molar-refractivity contribution in [3.63, 3.8) is 0 Å². The molecule has 0 aliphatic heterocycles. The molecule has 2 rings (SSSR count). The molecule has 0 radical (unpaired) electrons. The van der Waals surface area contributed by atoms with Crippen molar-refractivity contribution in [2.24, 2.45) is 0 Å². The second kappa shape index (κ2) is 7.27. The molecule has 0 bridgehead atoms. The summed E-state index contributed by atoms with van der Waals surface area (Å²) in [4.78, 5) is 12.1. The monoisotopic (exact) mass is 303 g/mol. The Labute approximate surface area is 128 Å². The highest BCUT2D eigenvalue weighted by Crippen LogP contribution is 2.20. The highest BCUT2D eigenvalue weighted by atomic mass is 32.2. The molecule has 2 aromatic rings. The number of benzene rings is 2. The topological polar surface area (TPSA) is 29.1 Å². The van der Waals surface area contributed by atoms with Crippen LogP contribution in [0.3, 0.4) is 0 Å². The number of aryl methyl sites for hydroxylation is 1. The van der Waals surface area contributed by atoms with Gasteiger partial charge in [-0.15, -0.1) is 11.8 Å². The zero-order valence-electron chi connectivity index (χ0n) is 12.1. The molecule has 0 aliphatic carbocycles. The summed E-state index contributed by atoms with van der Waals surface area (Å²) in [5.41, 5.74) is 2.25. The van der Waals surface area contributed by atoms with Gasteiger partial charge in [-0.25, -0.2) is 4.39 Å². The van der Waals surface area contributed by atoms with E-state index in [2.05, 4.69) is 5.32 Å². The third kappa shape index (κ3) is 4.60. The van der Waals surface area contributed by atoms with Gasteiger partial charge in [0.25, 0.3) is 0 Å². The lowest BCUT2D eigenvalue weighted by molar-refractivity contribution is -0.115. The Kier molecular flexibility index (Phi) is 5.39. The minimum atomic E-state index is -0.308. The molecule has 1 N–H and O–H groups in total. The minimum Gasteiger partial charge on any atom is -0.325 e. The van der Waals surface area contributed by atoms with Gasteiger partial charge in [-0.3, -0.25) is 4.79 Å². The quantitative estimate of drug-likeness (QED) is 0.887. The van der Waals surface area contributed by atoms with Crippen LogP contribution in [0.4, 0.5) is 10.1 Å². The molecule has 110 valence electrons. The fourth-order valence-corrected chi connectivity index (χ4v) is 2.63. The number of rotatable bonds is 5. The number of hydrogen-bond acceptors (Lipinski definition) is 2. The van der Waals surface area contributed by atoms with Crippen LogP contribution < -0.4 is 5.32 Å². The van der Waals surface area contributed by atoms with Gasteiger partial charge in [0, 0.05) is 11.4 Å². The largest absolute Gasteiger partial charge is 0.325 e. The first-order chi connectivity index (χ1) is 10.1. The van der Waals surface area contributed by atoms with Crippen molar-refractivity contribution in [2.45, 2.75) is 24.9 Å². The van der Waals surface area contributed by atoms with E-state index < -0.39 is 0 Å². The van der Waals surface area contributed by atoms with Gasteiger partial charge in [-0.05, 0) is 37.1 Å². The first-order valence-electron chi connectivity index (χ1n) is 6.79. The van der Waals surface area contributed by atoms with Crippen molar-refractivity contribution in [1.82, 2.24) is 0 Å². The fourth-order valence-electron chi connectivity index (χ4n) is 1.79. The molecular formula is C17H18FNOS. The fraction of sp³-hybridized carbons (Fsp3) is 0.235. The number of nitrogens with one attached hydrogen (secondary N) is 1. The van der Waals surface area contributed by atoms with Crippen LogP contribution >= 0.6 is 11.8 Å². The molecule has 0 aromatic heterocycles. The molecule has 1 amide bonds. The summed E-state index contributed by atoms with van der Waals surface area (Å²) < 4.78 is 13.4. The van der Waals surface area contributed by atoms with E-state index in [0.29, 0.717) is 11.3 Å². The Morgan fingerprint density at radius 1 is 1.24 bits per heavy atom. The Balaban J connectivity index is 1.89. The standard InChI is InChI=1S/C17H18FNOS/c1-12-8-9-15(10-16(12)18)19-17(20)13(2)21-11-14-6-4-3-5-7-14/h3-10,13H,11H2,1-2H3,(H,19,20). The molecule has 2 aromatic carbocycles. The smallest absolute Gasteiger partial charge is 0.237 e. The summed E-state index contributed by atoms with van der Waals surface area (Å²) in [6.07, 6.45) is 0. The molecule has 1 atom stereocenters. The molecule has 0 aliphatic rings. The number of carbonyl (C=O) groups is 1. The number of anilines is 1. The summed E-state index contributed by atoms with van der Waals surface area (Å²) in [6.45, 7) is 3.55. The van der Waals surface area contributed by atoms with E-state index in [1.54, 1.807) is 30.8 Å². The SMILES string of the molecule is Cc1ccc(NC(=O)C(C)SCc2ccccc2)cc1F. The Morgan fingerprint density at radius 3 is 2.62 bits per heavy atom. The lowest BCUT2D eigenvalue weighted by atomic mass is 10.2. The Morgan fingerprint density at radius 2 is 1.95 bits per heavy atom. The third-order valence-electron chi connectivity index (χ3n) is 3.15. The molecular weight excluding hydrogens is 285 g/mol. The zero-order chi connectivity index (χ0) is 15.2. The summed E-state index contributed by atoms with van der Waals surface area (Å²) in [5, 5.41) is 2.55. The van der Waals surface area contributed by atoms with Crippen LogP contribution in [-0.4, -0.2) is 11.2 Å². The summed E-state index contributed by atoms with van der Waals surface area (Å²) >= 11 is 1.56. The molecule has 0 saturated carbocycles. The molecule has 0 heterocycles. The van der Waals surface area contributed by atoms with Crippen molar-refractivity contribution in [2.75, 3.05) is 5.32 Å². The normalized spacial score (nSPS) is 12.0. The van der Waals surface area contributed by atoms with Crippen molar-refractivity contribution < 1.29 is 9.18 Å². The van der Waals surface area contributed by atoms with E-state index in [4.69, 9.17) is 0 Å². The van der Waals surface area contributed by atoms with Gasteiger partial charge in [-0.1, -0.05) is 36.4 Å². The van der Waals surface area contributed by atoms with Crippen LogP contribution in [0.25, 0.3) is 0 Å². The maximum Gasteiger partial charge on any atom is 0.237 e. The Bertz CT molecular complexity index is 615. The number of carbonyl (C=O) groups excluding carboxylic acids is 1. The predicted octanol–water partition coefficient (Wildman–Crippen LogP) is 4.39. The highest BCUT2D eigenvalue weighted by molar-refractivity contribution is 7.99. The van der Waals surface area contributed by atoms with E-state index in [1.807, 2.05) is 37.3 Å². The second-order valence-electron chi connectivity index (χ2n) is 4.89. The molecule has 0 spiro atoms. The molecule has 0 saturated heterocycles. The number of amides is 1. The lowest BCUT2D eigenvalue weighted by Crippen LogP contribution is -2.22. The van der Waals surface area contributed by atoms with Crippen LogP contribution in [0, 0.1) is 12.7 Å². The number of thioether (sulfide) groups is 1. The van der Waals surface area contributed by atoms with Gasteiger partial charge < -0.3 is 5.32 Å². The maximum atomic E-state index is 13.4. The van der Waals surface area contributed by atoms with E-state index in [0.717, 1.165) is 5.75 Å². The summed E-state index contributed by atoms with van der Waals surface area (Å²) in [6, 6.07) is 14.7. The van der Waals surface area contributed by atoms with Crippen molar-refractivity contribution in [1.29, 1.82) is 0 Å². The van der Waals surface area contributed by atoms with E-state index in [1.165, 1.54) is 11.6 Å². The van der Waals surface area contributed by atoms with Gasteiger partial charge >= 0.3 is 0 Å². The number of halogens is 1. The average molecular weight is 303 g/mol. The first-order valence-corrected chi connectivity index (χ1v) is 7.83. The van der Waals surface area contributed by atoms with Gasteiger partial charge in [0.05, 0.1) is 5.25 Å². The van der Waals surface area contributed by atoms with Crippen molar-refractivity contribution in [3.05, 3.63) is 65.5 Å². The zero-order valence-corrected chi connectivity index (χ0v) is 12.9. The van der Waals surface area contributed by atoms with Crippen LogP contribution in [0.2, 0.25) is 0 Å². The van der Waals surface area contributed by atoms with E-state index in [-0.39, 0.29) is 17.0 Å². The molecule has 21 heavy (non-hydrogen) atoms. The Hall–Kier alpha value is -1.81. The van der Waals surface area contributed by atoms with E-state index >= 15 is 0 Å². The van der Waals surface area contributed by atoms with Crippen molar-refractivity contribution in [3.8, 4) is 0 Å². The van der Waals surface area contributed by atoms with E-state index in [9.17, 15) is 9.18 Å². The number of hydrogen-bond donors (Lipinski definition) is 1. The van der Waals surface area contributed by atoms with Crippen LogP contribution in [-0.2, 0) is 10.5 Å². The first kappa shape index (κ1) is 15.6. The lowest BCUT2D eigenvalue weighted by Gasteiger charge is -2.12. The average Bonchev–Trinajstić information content (AvgIpc) is 2.49. The van der Waals surface area contributed by atoms with Crippen molar-refractivity contribution >= 4 is 23.4 Å². The highest BCUT2D eigenvalue weighted by Gasteiger charge is 2.14. The summed E-state index contributed by atoms with van der Waals surface area (Å²) in [5.74, 6) is 0.356. The molecule has 1 unspecified atom stereocenters. The van der Waals surface area contributed by atoms with Crippen LogP contribution in [0.5, 0.6) is 0 Å². The minimum absolute atomic E-state index is 0.112. The molecule has 2 nitrogen and oxygen atoms in total. The summed E-state index contributed by atoms with van der Waals surface area (Å²) in [7, 11) is 0. The maximum absolute atomic E-state index is 13.4. The third-order valence-corrected chi connectivity index (χ3v) is 4.37. The van der Waals surface area contributed by atoms with Gasteiger partial charge in [0.15, 0.2) is 0 Å². The predicted molar refractivity (Wildman–Crippen MR) is 87.0 cm³/mol. The molecule has 0 fully saturated rings. The van der Waals surface area contributed by atoms with Gasteiger partial charge in [0.1, 0.15) is 5.82 Å². The van der Waals surface area contributed by atoms with Crippen LogP contribution in [0.1, 0.15) is 18.1 Å². The van der Waals surface area contributed by atoms with Gasteiger partial charge in [-0.2, -0.15) is 0 Å². The van der Waals surface area contributed by atoms with Gasteiger partial charge in [0.2, 0.25) is 5.91 Å². The van der Waals surface area contributed by atoms with Crippen LogP contribution in [0.15, 0.2) is 48.5 Å². The second-order valence-corrected chi connectivity index (χ2v) is 6.22. The molecule has 4 heteroatoms.